The summed E-state index contributed by atoms with van der Waals surface area (Å²) in [7, 11) is 0. The van der Waals surface area contributed by atoms with E-state index in [-0.39, 0.29) is 6.04 Å². The van der Waals surface area contributed by atoms with Gasteiger partial charge in [0.1, 0.15) is 0 Å². The number of thiazole rings is 1. The maximum Gasteiger partial charge on any atom is 0.186 e. The summed E-state index contributed by atoms with van der Waals surface area (Å²) < 4.78 is 0. The monoisotopic (exact) mass is 291 g/mol. The zero-order valence-electron chi connectivity index (χ0n) is 12.6. The molecule has 110 valence electrons. The minimum absolute atomic E-state index is 0.196. The van der Waals surface area contributed by atoms with Crippen LogP contribution in [0.25, 0.3) is 0 Å². The second-order valence-electron chi connectivity index (χ2n) is 7.79. The van der Waals surface area contributed by atoms with E-state index in [1.54, 1.807) is 0 Å². The Balaban J connectivity index is 1.62. The molecule has 1 aromatic rings. The van der Waals surface area contributed by atoms with Crippen LogP contribution in [0.1, 0.15) is 62.6 Å². The van der Waals surface area contributed by atoms with E-state index < -0.39 is 0 Å². The number of rotatable bonds is 4. The van der Waals surface area contributed by atoms with E-state index in [1.807, 2.05) is 11.3 Å². The van der Waals surface area contributed by atoms with Crippen molar-refractivity contribution in [2.24, 2.45) is 17.1 Å². The molecule has 1 heterocycles. The highest BCUT2D eigenvalue weighted by atomic mass is 32.1. The van der Waals surface area contributed by atoms with Gasteiger partial charge in [0.2, 0.25) is 0 Å². The summed E-state index contributed by atoms with van der Waals surface area (Å²) in [6.45, 7) is 5.87. The van der Waals surface area contributed by atoms with Gasteiger partial charge in [-0.3, -0.25) is 0 Å². The lowest BCUT2D eigenvalue weighted by atomic mass is 9.77. The first kappa shape index (κ1) is 13.1. The van der Waals surface area contributed by atoms with Gasteiger partial charge in [0.25, 0.3) is 0 Å². The molecule has 1 aromatic heterocycles. The molecule has 0 aliphatic heterocycles. The van der Waals surface area contributed by atoms with Gasteiger partial charge in [-0.15, -0.1) is 0 Å². The fourth-order valence-corrected chi connectivity index (χ4v) is 4.62. The van der Waals surface area contributed by atoms with Crippen LogP contribution in [0, 0.1) is 11.3 Å². The molecule has 4 rings (SSSR count). The SMILES string of the molecule is CC1(C)Cc2nc(N(CC3CC3)C3CC3)sc2C(N)C1. The standard InChI is InChI=1S/C16H25N3S/c1-16(2)7-12(17)14-13(8-16)18-15(20-14)19(11-5-6-11)9-10-3-4-10/h10-12H,3-9,17H2,1-2H3. The highest BCUT2D eigenvalue weighted by Gasteiger charge is 2.38. The Kier molecular flexibility index (Phi) is 2.90. The minimum atomic E-state index is 0.196. The molecule has 3 aliphatic carbocycles. The molecular weight excluding hydrogens is 266 g/mol. The molecule has 0 spiro atoms. The first-order valence-corrected chi connectivity index (χ1v) is 8.85. The topological polar surface area (TPSA) is 42.2 Å². The van der Waals surface area contributed by atoms with E-state index >= 15 is 0 Å². The Morgan fingerprint density at radius 3 is 2.70 bits per heavy atom. The lowest BCUT2D eigenvalue weighted by Gasteiger charge is -2.32. The molecule has 20 heavy (non-hydrogen) atoms. The largest absolute Gasteiger partial charge is 0.345 e. The number of hydrogen-bond acceptors (Lipinski definition) is 4. The second-order valence-corrected chi connectivity index (χ2v) is 8.80. The van der Waals surface area contributed by atoms with Crippen LogP contribution in [0.3, 0.4) is 0 Å². The third-order valence-electron chi connectivity index (χ3n) is 4.86. The summed E-state index contributed by atoms with van der Waals surface area (Å²) in [6, 6.07) is 0.967. The summed E-state index contributed by atoms with van der Waals surface area (Å²) in [5.41, 5.74) is 7.98. The number of nitrogens with two attached hydrogens (primary N) is 1. The number of anilines is 1. The van der Waals surface area contributed by atoms with Crippen molar-refractivity contribution >= 4 is 16.5 Å². The summed E-state index contributed by atoms with van der Waals surface area (Å²) in [5.74, 6) is 0.932. The summed E-state index contributed by atoms with van der Waals surface area (Å²) in [6.07, 6.45) is 7.73. The van der Waals surface area contributed by atoms with Gasteiger partial charge in [-0.25, -0.2) is 4.98 Å². The number of fused-ring (bicyclic) bond motifs is 1. The predicted molar refractivity (Wildman–Crippen MR) is 84.2 cm³/mol. The lowest BCUT2D eigenvalue weighted by Crippen LogP contribution is -2.29. The molecule has 4 heteroatoms. The summed E-state index contributed by atoms with van der Waals surface area (Å²) >= 11 is 1.88. The Labute approximate surface area is 125 Å². The van der Waals surface area contributed by atoms with Crippen LogP contribution in [0.2, 0.25) is 0 Å². The van der Waals surface area contributed by atoms with Gasteiger partial charge in [0, 0.05) is 23.5 Å². The first-order valence-electron chi connectivity index (χ1n) is 8.04. The average molecular weight is 291 g/mol. The second kappa shape index (κ2) is 4.44. The van der Waals surface area contributed by atoms with E-state index in [1.165, 1.54) is 47.9 Å². The van der Waals surface area contributed by atoms with Crippen molar-refractivity contribution in [3.63, 3.8) is 0 Å². The van der Waals surface area contributed by atoms with Gasteiger partial charge in [-0.05, 0) is 49.9 Å². The predicted octanol–water partition coefficient (Wildman–Crippen LogP) is 3.49. The molecule has 1 unspecified atom stereocenters. The van der Waals surface area contributed by atoms with Gasteiger partial charge in [0.15, 0.2) is 5.13 Å². The molecule has 2 fully saturated rings. The Hall–Kier alpha value is -0.610. The Bertz CT molecular complexity index is 514. The molecule has 3 aliphatic rings. The summed E-state index contributed by atoms with van der Waals surface area (Å²) in [5, 5.41) is 1.26. The molecule has 1 atom stereocenters. The quantitative estimate of drug-likeness (QED) is 0.923. The van der Waals surface area contributed by atoms with Gasteiger partial charge in [-0.1, -0.05) is 25.2 Å². The van der Waals surface area contributed by atoms with Crippen LogP contribution in [0.4, 0.5) is 5.13 Å². The smallest absolute Gasteiger partial charge is 0.186 e. The maximum absolute atomic E-state index is 6.39. The molecule has 2 N–H and O–H groups in total. The first-order chi connectivity index (χ1) is 9.52. The molecule has 0 aromatic carbocycles. The average Bonchev–Trinajstić information content (AvgIpc) is 3.23. The molecule has 0 saturated heterocycles. The zero-order valence-corrected chi connectivity index (χ0v) is 13.4. The molecule has 0 radical (unpaired) electrons. The molecular formula is C16H25N3S. The molecule has 2 saturated carbocycles. The third kappa shape index (κ3) is 2.48. The number of aromatic nitrogens is 1. The van der Waals surface area contributed by atoms with Gasteiger partial charge < -0.3 is 10.6 Å². The normalized spacial score (nSPS) is 28.2. The zero-order chi connectivity index (χ0) is 13.9. The van der Waals surface area contributed by atoms with Crippen molar-refractivity contribution in [2.75, 3.05) is 11.4 Å². The Morgan fingerprint density at radius 1 is 1.30 bits per heavy atom. The highest BCUT2D eigenvalue weighted by molar-refractivity contribution is 7.15. The molecule has 3 nitrogen and oxygen atoms in total. The summed E-state index contributed by atoms with van der Waals surface area (Å²) in [4.78, 5) is 8.96. The van der Waals surface area contributed by atoms with Crippen molar-refractivity contribution in [1.29, 1.82) is 0 Å². The van der Waals surface area contributed by atoms with Crippen molar-refractivity contribution in [3.8, 4) is 0 Å². The van der Waals surface area contributed by atoms with E-state index in [9.17, 15) is 0 Å². The van der Waals surface area contributed by atoms with Crippen LogP contribution in [0.5, 0.6) is 0 Å². The van der Waals surface area contributed by atoms with Crippen LogP contribution >= 0.6 is 11.3 Å². The van der Waals surface area contributed by atoms with Crippen LogP contribution < -0.4 is 10.6 Å². The third-order valence-corrected chi connectivity index (χ3v) is 6.12. The van der Waals surface area contributed by atoms with E-state index in [4.69, 9.17) is 10.7 Å². The fourth-order valence-electron chi connectivity index (χ4n) is 3.45. The minimum Gasteiger partial charge on any atom is -0.345 e. The van der Waals surface area contributed by atoms with Crippen molar-refractivity contribution in [3.05, 3.63) is 10.6 Å². The lowest BCUT2D eigenvalue weighted by molar-refractivity contribution is 0.282. The van der Waals surface area contributed by atoms with Crippen molar-refractivity contribution in [1.82, 2.24) is 4.98 Å². The van der Waals surface area contributed by atoms with Gasteiger partial charge in [0.05, 0.1) is 5.69 Å². The number of hydrogen-bond donors (Lipinski definition) is 1. The van der Waals surface area contributed by atoms with Crippen LogP contribution in [0.15, 0.2) is 0 Å². The highest BCUT2D eigenvalue weighted by Crippen LogP contribution is 2.46. The van der Waals surface area contributed by atoms with Crippen LogP contribution in [-0.2, 0) is 6.42 Å². The van der Waals surface area contributed by atoms with E-state index in [0.717, 1.165) is 24.8 Å². The number of nitrogens with zero attached hydrogens (tertiary/aromatic N) is 2. The van der Waals surface area contributed by atoms with E-state index in [0.29, 0.717) is 5.41 Å². The van der Waals surface area contributed by atoms with E-state index in [2.05, 4.69) is 18.7 Å². The van der Waals surface area contributed by atoms with Crippen LogP contribution in [-0.4, -0.2) is 17.6 Å². The van der Waals surface area contributed by atoms with Crippen molar-refractivity contribution in [2.45, 2.75) is 64.5 Å². The fraction of sp³-hybridized carbons (Fsp3) is 0.812. The van der Waals surface area contributed by atoms with Gasteiger partial charge in [-0.2, -0.15) is 0 Å². The van der Waals surface area contributed by atoms with Crippen molar-refractivity contribution < 1.29 is 0 Å². The maximum atomic E-state index is 6.39. The Morgan fingerprint density at radius 2 is 2.05 bits per heavy atom. The van der Waals surface area contributed by atoms with Gasteiger partial charge >= 0.3 is 0 Å². The molecule has 0 amide bonds. The molecule has 0 bridgehead atoms.